The van der Waals surface area contributed by atoms with Crippen LogP contribution >= 0.6 is 15.9 Å². The molecule has 2 nitrogen and oxygen atoms in total. The van der Waals surface area contributed by atoms with Gasteiger partial charge in [0, 0.05) is 17.1 Å². The van der Waals surface area contributed by atoms with Crippen LogP contribution in [-0.4, -0.2) is 7.11 Å². The summed E-state index contributed by atoms with van der Waals surface area (Å²) in [4.78, 5) is 0. The van der Waals surface area contributed by atoms with E-state index in [2.05, 4.69) is 40.3 Å². The van der Waals surface area contributed by atoms with Gasteiger partial charge in [-0.15, -0.1) is 0 Å². The monoisotopic (exact) mass is 351 g/mol. The number of ether oxygens (including phenoxy) is 1. The van der Waals surface area contributed by atoms with E-state index in [1.807, 2.05) is 12.1 Å². The third-order valence-electron chi connectivity index (χ3n) is 3.47. The molecule has 0 aromatic heterocycles. The SMILES string of the molecule is CCC(NCc1cc(F)ccc1Br)c1ccc(OC)cc1. The summed E-state index contributed by atoms with van der Waals surface area (Å²) in [6.45, 7) is 2.74. The lowest BCUT2D eigenvalue weighted by Gasteiger charge is -2.18. The van der Waals surface area contributed by atoms with E-state index in [0.717, 1.165) is 22.2 Å². The van der Waals surface area contributed by atoms with Crippen molar-refractivity contribution in [1.82, 2.24) is 5.32 Å². The molecule has 1 atom stereocenters. The van der Waals surface area contributed by atoms with Crippen molar-refractivity contribution in [3.05, 3.63) is 63.9 Å². The fraction of sp³-hybridized carbons (Fsp3) is 0.294. The summed E-state index contributed by atoms with van der Waals surface area (Å²) in [5.41, 5.74) is 2.12. The summed E-state index contributed by atoms with van der Waals surface area (Å²) in [6.07, 6.45) is 0.958. The van der Waals surface area contributed by atoms with Crippen molar-refractivity contribution in [2.24, 2.45) is 0 Å². The predicted octanol–water partition coefficient (Wildman–Crippen LogP) is 4.84. The van der Waals surface area contributed by atoms with Gasteiger partial charge in [0.1, 0.15) is 11.6 Å². The number of rotatable bonds is 6. The first-order chi connectivity index (χ1) is 10.1. The first kappa shape index (κ1) is 16.0. The maximum atomic E-state index is 13.3. The molecule has 2 aromatic carbocycles. The Balaban J connectivity index is 2.06. The fourth-order valence-corrected chi connectivity index (χ4v) is 2.63. The molecule has 0 aliphatic heterocycles. The van der Waals surface area contributed by atoms with E-state index in [1.54, 1.807) is 19.2 Å². The molecule has 0 radical (unpaired) electrons. The van der Waals surface area contributed by atoms with E-state index in [4.69, 9.17) is 4.74 Å². The maximum absolute atomic E-state index is 13.3. The Labute approximate surface area is 133 Å². The van der Waals surface area contributed by atoms with Crippen LogP contribution in [0.5, 0.6) is 5.75 Å². The smallest absolute Gasteiger partial charge is 0.123 e. The van der Waals surface area contributed by atoms with E-state index >= 15 is 0 Å². The molecule has 0 amide bonds. The fourth-order valence-electron chi connectivity index (χ4n) is 2.25. The lowest BCUT2D eigenvalue weighted by molar-refractivity contribution is 0.414. The van der Waals surface area contributed by atoms with Gasteiger partial charge in [0.25, 0.3) is 0 Å². The molecule has 0 aliphatic rings. The molecular formula is C17H19BrFNO. The molecule has 1 N–H and O–H groups in total. The standard InChI is InChI=1S/C17H19BrFNO/c1-3-17(12-4-7-15(21-2)8-5-12)20-11-13-10-14(19)6-9-16(13)18/h4-10,17,20H,3,11H2,1-2H3. The second-order valence-corrected chi connectivity index (χ2v) is 5.70. The quantitative estimate of drug-likeness (QED) is 0.803. The van der Waals surface area contributed by atoms with E-state index in [1.165, 1.54) is 11.6 Å². The first-order valence-electron chi connectivity index (χ1n) is 6.95. The van der Waals surface area contributed by atoms with Crippen LogP contribution < -0.4 is 10.1 Å². The van der Waals surface area contributed by atoms with Crippen molar-refractivity contribution in [2.45, 2.75) is 25.9 Å². The highest BCUT2D eigenvalue weighted by atomic mass is 79.9. The summed E-state index contributed by atoms with van der Waals surface area (Å²) >= 11 is 3.45. The van der Waals surface area contributed by atoms with Crippen molar-refractivity contribution < 1.29 is 9.13 Å². The molecule has 2 aromatic rings. The Kier molecular flexibility index (Phi) is 5.76. The highest BCUT2D eigenvalue weighted by Gasteiger charge is 2.10. The second kappa shape index (κ2) is 7.57. The van der Waals surface area contributed by atoms with E-state index in [0.29, 0.717) is 6.54 Å². The van der Waals surface area contributed by atoms with Gasteiger partial charge in [-0.25, -0.2) is 4.39 Å². The molecule has 2 rings (SSSR count). The number of halogens is 2. The zero-order valence-electron chi connectivity index (χ0n) is 12.2. The topological polar surface area (TPSA) is 21.3 Å². The first-order valence-corrected chi connectivity index (χ1v) is 7.74. The molecule has 1 unspecified atom stereocenters. The molecule has 0 bridgehead atoms. The third kappa shape index (κ3) is 4.29. The Hall–Kier alpha value is -1.39. The van der Waals surface area contributed by atoms with Gasteiger partial charge in [0.2, 0.25) is 0 Å². The molecule has 0 spiro atoms. The minimum atomic E-state index is -0.215. The normalized spacial score (nSPS) is 12.2. The number of hydrogen-bond donors (Lipinski definition) is 1. The molecule has 21 heavy (non-hydrogen) atoms. The molecule has 112 valence electrons. The molecular weight excluding hydrogens is 333 g/mol. The molecule has 0 fully saturated rings. The van der Waals surface area contributed by atoms with Gasteiger partial charge in [-0.3, -0.25) is 0 Å². The number of hydrogen-bond acceptors (Lipinski definition) is 2. The lowest BCUT2D eigenvalue weighted by atomic mass is 10.0. The van der Waals surface area contributed by atoms with Crippen molar-refractivity contribution in [3.63, 3.8) is 0 Å². The Morgan fingerprint density at radius 3 is 2.52 bits per heavy atom. The van der Waals surface area contributed by atoms with Crippen molar-refractivity contribution in [2.75, 3.05) is 7.11 Å². The van der Waals surface area contributed by atoms with Crippen LogP contribution in [0.4, 0.5) is 4.39 Å². The largest absolute Gasteiger partial charge is 0.497 e. The van der Waals surface area contributed by atoms with Gasteiger partial charge in [0.15, 0.2) is 0 Å². The molecule has 0 saturated carbocycles. The lowest BCUT2D eigenvalue weighted by Crippen LogP contribution is -2.20. The van der Waals surface area contributed by atoms with Gasteiger partial charge in [0.05, 0.1) is 7.11 Å². The van der Waals surface area contributed by atoms with Crippen LogP contribution in [0.3, 0.4) is 0 Å². The van der Waals surface area contributed by atoms with Crippen LogP contribution in [0, 0.1) is 5.82 Å². The highest BCUT2D eigenvalue weighted by molar-refractivity contribution is 9.10. The summed E-state index contributed by atoms with van der Waals surface area (Å²) in [6, 6.07) is 13.0. The summed E-state index contributed by atoms with van der Waals surface area (Å²) in [5.74, 6) is 0.633. The highest BCUT2D eigenvalue weighted by Crippen LogP contribution is 2.22. The maximum Gasteiger partial charge on any atom is 0.123 e. The minimum absolute atomic E-state index is 0.215. The second-order valence-electron chi connectivity index (χ2n) is 4.85. The predicted molar refractivity (Wildman–Crippen MR) is 87.0 cm³/mol. The zero-order chi connectivity index (χ0) is 15.2. The molecule has 0 aliphatic carbocycles. The van der Waals surface area contributed by atoms with Crippen molar-refractivity contribution in [3.8, 4) is 5.75 Å². The summed E-state index contributed by atoms with van der Waals surface area (Å²) < 4.78 is 19.4. The Morgan fingerprint density at radius 2 is 1.90 bits per heavy atom. The molecule has 4 heteroatoms. The zero-order valence-corrected chi connectivity index (χ0v) is 13.8. The van der Waals surface area contributed by atoms with Crippen LogP contribution in [-0.2, 0) is 6.54 Å². The average Bonchev–Trinajstić information content (AvgIpc) is 2.51. The van der Waals surface area contributed by atoms with Gasteiger partial charge in [-0.05, 0) is 47.9 Å². The van der Waals surface area contributed by atoms with Crippen LogP contribution in [0.15, 0.2) is 46.9 Å². The van der Waals surface area contributed by atoms with Gasteiger partial charge in [-0.2, -0.15) is 0 Å². The van der Waals surface area contributed by atoms with Crippen molar-refractivity contribution in [1.29, 1.82) is 0 Å². The number of benzene rings is 2. The molecule has 0 heterocycles. The van der Waals surface area contributed by atoms with Gasteiger partial charge in [-0.1, -0.05) is 35.0 Å². The van der Waals surface area contributed by atoms with Crippen molar-refractivity contribution >= 4 is 15.9 Å². The van der Waals surface area contributed by atoms with Crippen LogP contribution in [0.2, 0.25) is 0 Å². The molecule has 0 saturated heterocycles. The van der Waals surface area contributed by atoms with Crippen LogP contribution in [0.1, 0.15) is 30.5 Å². The van der Waals surface area contributed by atoms with E-state index in [-0.39, 0.29) is 11.9 Å². The number of nitrogens with one attached hydrogen (secondary N) is 1. The average molecular weight is 352 g/mol. The Morgan fingerprint density at radius 1 is 1.19 bits per heavy atom. The van der Waals surface area contributed by atoms with E-state index < -0.39 is 0 Å². The summed E-state index contributed by atoms with van der Waals surface area (Å²) in [5, 5.41) is 3.47. The van der Waals surface area contributed by atoms with E-state index in [9.17, 15) is 4.39 Å². The third-order valence-corrected chi connectivity index (χ3v) is 4.25. The summed E-state index contributed by atoms with van der Waals surface area (Å²) in [7, 11) is 1.66. The van der Waals surface area contributed by atoms with Gasteiger partial charge >= 0.3 is 0 Å². The Bertz CT molecular complexity index is 586. The van der Waals surface area contributed by atoms with Gasteiger partial charge < -0.3 is 10.1 Å². The minimum Gasteiger partial charge on any atom is -0.497 e. The number of methoxy groups -OCH3 is 1. The van der Waals surface area contributed by atoms with Crippen LogP contribution in [0.25, 0.3) is 0 Å².